The lowest BCUT2D eigenvalue weighted by Crippen LogP contribution is -2.21. The van der Waals surface area contributed by atoms with E-state index in [1.165, 1.54) is 0 Å². The molecule has 4 heteroatoms. The minimum atomic E-state index is 0.626. The number of nitrogens with one attached hydrogen (secondary N) is 1. The quantitative estimate of drug-likeness (QED) is 0.634. The second kappa shape index (κ2) is 4.04. The molecule has 0 amide bonds. The predicted octanol–water partition coefficient (Wildman–Crippen LogP) is 1.96. The Morgan fingerprint density at radius 2 is 2.21 bits per heavy atom. The van der Waals surface area contributed by atoms with E-state index in [2.05, 4.69) is 26.3 Å². The second-order valence-electron chi connectivity index (χ2n) is 2.99. The third-order valence-corrected chi connectivity index (χ3v) is 2.78. The van der Waals surface area contributed by atoms with Gasteiger partial charge in [-0.2, -0.15) is 0 Å². The van der Waals surface area contributed by atoms with Crippen LogP contribution in [0.3, 0.4) is 0 Å². The Morgan fingerprint density at radius 3 is 3.00 bits per heavy atom. The third-order valence-electron chi connectivity index (χ3n) is 2.09. The lowest BCUT2D eigenvalue weighted by Gasteiger charge is -2.05. The van der Waals surface area contributed by atoms with Crippen molar-refractivity contribution in [3.8, 4) is 0 Å². The average molecular weight is 252 g/mol. The van der Waals surface area contributed by atoms with E-state index in [0.717, 1.165) is 20.9 Å². The first-order valence-corrected chi connectivity index (χ1v) is 5.08. The van der Waals surface area contributed by atoms with Crippen LogP contribution >= 0.6 is 15.9 Å². The van der Waals surface area contributed by atoms with Crippen molar-refractivity contribution in [3.63, 3.8) is 0 Å². The number of fused-ring (bicyclic) bond motifs is 1. The molecule has 3 N–H and O–H groups in total. The van der Waals surface area contributed by atoms with Gasteiger partial charge in [0.2, 0.25) is 0 Å². The number of halogens is 1. The first-order valence-electron chi connectivity index (χ1n) is 4.28. The number of hydrogen-bond acceptors (Lipinski definition) is 3. The van der Waals surface area contributed by atoms with Crippen LogP contribution in [0.5, 0.6) is 0 Å². The highest BCUT2D eigenvalue weighted by Gasteiger charge is 2.03. The zero-order chi connectivity index (χ0) is 9.97. The Hall–Kier alpha value is -0.970. The van der Waals surface area contributed by atoms with E-state index in [1.54, 1.807) is 6.20 Å². The molecule has 2 aromatic rings. The van der Waals surface area contributed by atoms with Crippen molar-refractivity contribution in [1.29, 1.82) is 0 Å². The monoisotopic (exact) mass is 251 g/mol. The molecular weight excluding hydrogens is 242 g/mol. The summed E-state index contributed by atoms with van der Waals surface area (Å²) in [6.07, 6.45) is 1.79. The van der Waals surface area contributed by atoms with Gasteiger partial charge in [-0.25, -0.2) is 0 Å². The van der Waals surface area contributed by atoms with Crippen LogP contribution in [0, 0.1) is 0 Å². The molecule has 0 saturated heterocycles. The first-order chi connectivity index (χ1) is 6.83. The molecular formula is C10H10BrN3. The maximum absolute atomic E-state index is 5.30. The number of pyridine rings is 1. The van der Waals surface area contributed by atoms with Crippen LogP contribution in [-0.2, 0) is 6.54 Å². The normalized spacial score (nSPS) is 10.7. The molecule has 0 spiro atoms. The van der Waals surface area contributed by atoms with Crippen LogP contribution in [-0.4, -0.2) is 4.98 Å². The molecule has 1 aromatic heterocycles. The Bertz CT molecular complexity index is 456. The molecule has 3 nitrogen and oxygen atoms in total. The van der Waals surface area contributed by atoms with Crippen LogP contribution in [0.25, 0.3) is 10.9 Å². The van der Waals surface area contributed by atoms with Crippen LogP contribution in [0.4, 0.5) is 0 Å². The first kappa shape index (κ1) is 9.58. The van der Waals surface area contributed by atoms with Crippen molar-refractivity contribution in [3.05, 3.63) is 40.5 Å². The van der Waals surface area contributed by atoms with Crippen molar-refractivity contribution in [1.82, 2.24) is 10.4 Å². The van der Waals surface area contributed by atoms with Gasteiger partial charge in [-0.15, -0.1) is 0 Å². The van der Waals surface area contributed by atoms with Crippen molar-refractivity contribution >= 4 is 26.8 Å². The van der Waals surface area contributed by atoms with Crippen molar-refractivity contribution in [2.45, 2.75) is 6.54 Å². The number of hydrazine groups is 1. The van der Waals surface area contributed by atoms with Gasteiger partial charge in [0.25, 0.3) is 0 Å². The van der Waals surface area contributed by atoms with Gasteiger partial charge in [0, 0.05) is 22.6 Å². The molecule has 0 aliphatic heterocycles. The van der Waals surface area contributed by atoms with Crippen molar-refractivity contribution in [2.24, 2.45) is 5.84 Å². The highest BCUT2D eigenvalue weighted by atomic mass is 79.9. The minimum Gasteiger partial charge on any atom is -0.271 e. The molecule has 14 heavy (non-hydrogen) atoms. The fourth-order valence-corrected chi connectivity index (χ4v) is 1.90. The van der Waals surface area contributed by atoms with E-state index < -0.39 is 0 Å². The molecule has 0 fully saturated rings. The number of nitrogens with two attached hydrogens (primary N) is 1. The van der Waals surface area contributed by atoms with E-state index in [4.69, 9.17) is 5.84 Å². The fraction of sp³-hybridized carbons (Fsp3) is 0.100. The molecule has 2 rings (SSSR count). The molecule has 1 aromatic carbocycles. The summed E-state index contributed by atoms with van der Waals surface area (Å²) < 4.78 is 1.06. The van der Waals surface area contributed by atoms with Crippen molar-refractivity contribution < 1.29 is 0 Å². The van der Waals surface area contributed by atoms with Crippen LogP contribution in [0.15, 0.2) is 34.9 Å². The maximum Gasteiger partial charge on any atom is 0.0758 e. The molecule has 0 unspecified atom stereocenters. The largest absolute Gasteiger partial charge is 0.271 e. The van der Waals surface area contributed by atoms with Crippen LogP contribution in [0.1, 0.15) is 5.56 Å². The van der Waals surface area contributed by atoms with E-state index in [0.29, 0.717) is 6.54 Å². The van der Waals surface area contributed by atoms with E-state index in [9.17, 15) is 0 Å². The number of hydrogen-bond donors (Lipinski definition) is 2. The number of rotatable bonds is 2. The van der Waals surface area contributed by atoms with Gasteiger partial charge >= 0.3 is 0 Å². The minimum absolute atomic E-state index is 0.626. The van der Waals surface area contributed by atoms with Gasteiger partial charge in [0.1, 0.15) is 0 Å². The Morgan fingerprint density at radius 1 is 1.36 bits per heavy atom. The maximum atomic E-state index is 5.30. The Balaban J connectivity index is 2.68. The Labute approximate surface area is 90.4 Å². The van der Waals surface area contributed by atoms with Crippen LogP contribution in [0.2, 0.25) is 0 Å². The summed E-state index contributed by atoms with van der Waals surface area (Å²) in [4.78, 5) is 4.34. The molecule has 72 valence electrons. The van der Waals surface area contributed by atoms with E-state index >= 15 is 0 Å². The Kier molecular flexibility index (Phi) is 2.77. The lowest BCUT2D eigenvalue weighted by atomic mass is 10.1. The predicted molar refractivity (Wildman–Crippen MR) is 60.5 cm³/mol. The molecule has 0 aliphatic rings. The summed E-state index contributed by atoms with van der Waals surface area (Å²) >= 11 is 3.49. The molecule has 0 saturated carbocycles. The summed E-state index contributed by atoms with van der Waals surface area (Å²) in [6, 6.07) is 7.98. The van der Waals surface area contributed by atoms with Crippen LogP contribution < -0.4 is 11.3 Å². The highest BCUT2D eigenvalue weighted by Crippen LogP contribution is 2.24. The number of aromatic nitrogens is 1. The molecule has 0 radical (unpaired) electrons. The third kappa shape index (κ3) is 1.64. The SMILES string of the molecule is NNCc1ccc(Br)c2cccnc12. The fourth-order valence-electron chi connectivity index (χ4n) is 1.45. The van der Waals surface area contributed by atoms with Gasteiger partial charge in [0.05, 0.1) is 5.52 Å². The molecule has 0 atom stereocenters. The topological polar surface area (TPSA) is 50.9 Å². The summed E-state index contributed by atoms with van der Waals surface area (Å²) in [5, 5.41) is 1.11. The van der Waals surface area contributed by atoms with Crippen molar-refractivity contribution in [2.75, 3.05) is 0 Å². The zero-order valence-corrected chi connectivity index (χ0v) is 9.08. The smallest absolute Gasteiger partial charge is 0.0758 e. The van der Waals surface area contributed by atoms with E-state index in [1.807, 2.05) is 24.3 Å². The lowest BCUT2D eigenvalue weighted by molar-refractivity contribution is 0.744. The van der Waals surface area contributed by atoms with Gasteiger partial charge < -0.3 is 0 Å². The zero-order valence-electron chi connectivity index (χ0n) is 7.50. The summed E-state index contributed by atoms with van der Waals surface area (Å²) in [5.74, 6) is 5.30. The van der Waals surface area contributed by atoms with Gasteiger partial charge in [-0.1, -0.05) is 28.1 Å². The number of benzene rings is 1. The number of nitrogens with zero attached hydrogens (tertiary/aromatic N) is 1. The summed E-state index contributed by atoms with van der Waals surface area (Å²) in [6.45, 7) is 0.626. The summed E-state index contributed by atoms with van der Waals surface area (Å²) in [7, 11) is 0. The molecule has 1 heterocycles. The van der Waals surface area contributed by atoms with Gasteiger partial charge in [-0.3, -0.25) is 16.3 Å². The second-order valence-corrected chi connectivity index (χ2v) is 3.84. The van der Waals surface area contributed by atoms with Gasteiger partial charge in [0.15, 0.2) is 0 Å². The highest BCUT2D eigenvalue weighted by molar-refractivity contribution is 9.10. The molecule has 0 bridgehead atoms. The average Bonchev–Trinajstić information content (AvgIpc) is 2.23. The standard InChI is InChI=1S/C10H10BrN3/c11-9-4-3-7(6-14-12)10-8(9)2-1-5-13-10/h1-5,14H,6,12H2. The summed E-state index contributed by atoms with van der Waals surface area (Å²) in [5.41, 5.74) is 4.73. The van der Waals surface area contributed by atoms with E-state index in [-0.39, 0.29) is 0 Å². The van der Waals surface area contributed by atoms with Gasteiger partial charge in [-0.05, 0) is 17.7 Å². The molecule has 0 aliphatic carbocycles.